The second-order valence-corrected chi connectivity index (χ2v) is 8.33. The molecule has 1 aliphatic rings. The van der Waals surface area contributed by atoms with Crippen LogP contribution in [-0.2, 0) is 16.0 Å². The molecule has 0 saturated heterocycles. The molecule has 0 radical (unpaired) electrons. The van der Waals surface area contributed by atoms with E-state index in [1.165, 1.54) is 29.2 Å². The topological polar surface area (TPSA) is 49.4 Å². The average Bonchev–Trinajstić information content (AvgIpc) is 3.00. The molecule has 4 nitrogen and oxygen atoms in total. The van der Waals surface area contributed by atoms with Crippen molar-refractivity contribution in [3.05, 3.63) is 105 Å². The summed E-state index contributed by atoms with van der Waals surface area (Å²) in [7, 11) is 0. The molecule has 1 aliphatic heterocycles. The largest absolute Gasteiger partial charge is 0.350 e. The quantitative estimate of drug-likeness (QED) is 0.459. The Balaban J connectivity index is 1.66. The Bertz CT molecular complexity index is 1220. The number of aryl methyl sites for hydroxylation is 1. The molecule has 162 valence electrons. The molecule has 0 saturated carbocycles. The fourth-order valence-corrected chi connectivity index (χ4v) is 3.79. The summed E-state index contributed by atoms with van der Waals surface area (Å²) in [5.74, 6) is -1.30. The summed E-state index contributed by atoms with van der Waals surface area (Å²) in [4.78, 5) is 27.7. The number of nitrogens with one attached hydrogen (secondary N) is 1. The van der Waals surface area contributed by atoms with E-state index < -0.39 is 17.6 Å². The minimum Gasteiger partial charge on any atom is -0.350 e. The summed E-state index contributed by atoms with van der Waals surface area (Å²) < 4.78 is 13.5. The van der Waals surface area contributed by atoms with Crippen LogP contribution in [0.1, 0.15) is 16.7 Å². The van der Waals surface area contributed by atoms with Gasteiger partial charge in [-0.05, 0) is 66.4 Å². The molecular weight excluding hydrogens is 450 g/mol. The lowest BCUT2D eigenvalue weighted by Gasteiger charge is -2.15. The number of hydrogen-bond acceptors (Lipinski definition) is 3. The molecular formula is C25H19Cl2FN2O2. The minimum atomic E-state index is -0.444. The zero-order chi connectivity index (χ0) is 22.8. The first-order valence-corrected chi connectivity index (χ1v) is 10.7. The number of carbonyl (C=O) groups is 2. The number of carbonyl (C=O) groups excluding carboxylic acids is 2. The van der Waals surface area contributed by atoms with Gasteiger partial charge in [0.25, 0.3) is 11.8 Å². The normalized spacial score (nSPS) is 13.8. The molecule has 0 aliphatic carbocycles. The van der Waals surface area contributed by atoms with Gasteiger partial charge in [-0.15, -0.1) is 0 Å². The Kier molecular flexibility index (Phi) is 6.31. The highest BCUT2D eigenvalue weighted by molar-refractivity contribution is 6.36. The van der Waals surface area contributed by atoms with Gasteiger partial charge in [0.1, 0.15) is 11.5 Å². The van der Waals surface area contributed by atoms with Crippen LogP contribution in [0, 0.1) is 12.7 Å². The molecule has 7 heteroatoms. The van der Waals surface area contributed by atoms with Crippen LogP contribution in [0.25, 0.3) is 5.57 Å². The molecule has 4 rings (SSSR count). The van der Waals surface area contributed by atoms with Crippen LogP contribution >= 0.6 is 23.2 Å². The van der Waals surface area contributed by atoms with Gasteiger partial charge in [0.05, 0.1) is 5.57 Å². The summed E-state index contributed by atoms with van der Waals surface area (Å²) in [6, 6.07) is 18.0. The number of halogens is 3. The second-order valence-electron chi connectivity index (χ2n) is 7.48. The summed E-state index contributed by atoms with van der Waals surface area (Å²) in [6.45, 7) is 2.07. The first-order valence-electron chi connectivity index (χ1n) is 9.97. The lowest BCUT2D eigenvalue weighted by atomic mass is 10.0. The lowest BCUT2D eigenvalue weighted by Crippen LogP contribution is -2.34. The third-order valence-electron chi connectivity index (χ3n) is 5.28. The van der Waals surface area contributed by atoms with Crippen LogP contribution in [0.5, 0.6) is 0 Å². The highest BCUT2D eigenvalue weighted by Crippen LogP contribution is 2.32. The van der Waals surface area contributed by atoms with E-state index in [0.29, 0.717) is 27.7 Å². The number of imide groups is 1. The average molecular weight is 469 g/mol. The Morgan fingerprint density at radius 3 is 2.25 bits per heavy atom. The Labute approximate surface area is 195 Å². The molecule has 0 bridgehead atoms. The molecule has 1 N–H and O–H groups in total. The molecule has 32 heavy (non-hydrogen) atoms. The predicted molar refractivity (Wildman–Crippen MR) is 125 cm³/mol. The van der Waals surface area contributed by atoms with Gasteiger partial charge in [0, 0.05) is 22.3 Å². The van der Waals surface area contributed by atoms with Crippen LogP contribution in [0.3, 0.4) is 0 Å². The van der Waals surface area contributed by atoms with E-state index in [4.69, 9.17) is 23.2 Å². The van der Waals surface area contributed by atoms with Gasteiger partial charge in [-0.25, -0.2) is 4.39 Å². The fraction of sp³-hybridized carbons (Fsp3) is 0.120. The van der Waals surface area contributed by atoms with Crippen molar-refractivity contribution in [2.75, 3.05) is 11.9 Å². The van der Waals surface area contributed by atoms with Crippen molar-refractivity contribution in [1.29, 1.82) is 0 Å². The summed E-state index contributed by atoms with van der Waals surface area (Å²) in [6.07, 6.45) is 0.481. The molecule has 1 heterocycles. The van der Waals surface area contributed by atoms with Crippen LogP contribution in [0.2, 0.25) is 10.0 Å². The lowest BCUT2D eigenvalue weighted by molar-refractivity contribution is -0.136. The highest BCUT2D eigenvalue weighted by Gasteiger charge is 2.39. The number of anilines is 1. The monoisotopic (exact) mass is 468 g/mol. The van der Waals surface area contributed by atoms with Crippen molar-refractivity contribution >= 4 is 46.3 Å². The van der Waals surface area contributed by atoms with E-state index >= 15 is 0 Å². The van der Waals surface area contributed by atoms with E-state index in [2.05, 4.69) is 5.32 Å². The standard InChI is InChI=1S/C25H19Cl2FN2O2/c1-15-2-11-20(14-21(15)27)29-23-22(17-5-9-19(28)10-6-17)24(31)30(25(23)32)13-12-16-3-7-18(26)8-4-16/h2-11,14,29H,12-13H2,1H3. The molecule has 2 amide bonds. The van der Waals surface area contributed by atoms with Crippen LogP contribution in [-0.4, -0.2) is 23.3 Å². The molecule has 0 aromatic heterocycles. The van der Waals surface area contributed by atoms with Crippen molar-refractivity contribution in [2.24, 2.45) is 0 Å². The van der Waals surface area contributed by atoms with Gasteiger partial charge in [-0.2, -0.15) is 0 Å². The van der Waals surface area contributed by atoms with Crippen LogP contribution in [0.4, 0.5) is 10.1 Å². The van der Waals surface area contributed by atoms with Gasteiger partial charge in [0.2, 0.25) is 0 Å². The van der Waals surface area contributed by atoms with Crippen LogP contribution in [0.15, 0.2) is 72.4 Å². The molecule has 0 fully saturated rings. The SMILES string of the molecule is Cc1ccc(NC2=C(c3ccc(F)cc3)C(=O)N(CCc3ccc(Cl)cc3)C2=O)cc1Cl. The van der Waals surface area contributed by atoms with Crippen LogP contribution < -0.4 is 5.32 Å². The number of nitrogens with zero attached hydrogens (tertiary/aromatic N) is 1. The zero-order valence-corrected chi connectivity index (χ0v) is 18.7. The first kappa shape index (κ1) is 22.1. The van der Waals surface area contributed by atoms with E-state index in [-0.39, 0.29) is 17.8 Å². The van der Waals surface area contributed by atoms with Crippen molar-refractivity contribution in [1.82, 2.24) is 4.90 Å². The molecule has 0 atom stereocenters. The maximum absolute atomic E-state index is 13.5. The maximum Gasteiger partial charge on any atom is 0.278 e. The minimum absolute atomic E-state index is 0.137. The Hall–Kier alpha value is -3.15. The van der Waals surface area contributed by atoms with Crippen molar-refractivity contribution in [2.45, 2.75) is 13.3 Å². The first-order chi connectivity index (χ1) is 15.3. The second kappa shape index (κ2) is 9.15. The maximum atomic E-state index is 13.5. The highest BCUT2D eigenvalue weighted by atomic mass is 35.5. The van der Waals surface area contributed by atoms with Crippen molar-refractivity contribution in [3.63, 3.8) is 0 Å². The van der Waals surface area contributed by atoms with E-state index in [1.54, 1.807) is 24.3 Å². The van der Waals surface area contributed by atoms with E-state index in [1.807, 2.05) is 25.1 Å². The number of hydrogen-bond donors (Lipinski definition) is 1. The number of amides is 2. The molecule has 0 spiro atoms. The smallest absolute Gasteiger partial charge is 0.278 e. The molecule has 0 unspecified atom stereocenters. The molecule has 3 aromatic rings. The third kappa shape index (κ3) is 4.54. The Morgan fingerprint density at radius 1 is 0.906 bits per heavy atom. The van der Waals surface area contributed by atoms with E-state index in [0.717, 1.165) is 11.1 Å². The summed E-state index contributed by atoms with van der Waals surface area (Å²) >= 11 is 12.2. The predicted octanol–water partition coefficient (Wildman–Crippen LogP) is 5.88. The van der Waals surface area contributed by atoms with Gasteiger partial charge in [-0.3, -0.25) is 14.5 Å². The Morgan fingerprint density at radius 2 is 1.59 bits per heavy atom. The van der Waals surface area contributed by atoms with Gasteiger partial charge < -0.3 is 5.32 Å². The zero-order valence-electron chi connectivity index (χ0n) is 17.2. The summed E-state index contributed by atoms with van der Waals surface area (Å²) in [5, 5.41) is 4.21. The number of rotatable bonds is 6. The van der Waals surface area contributed by atoms with Gasteiger partial charge in [0.15, 0.2) is 0 Å². The third-order valence-corrected chi connectivity index (χ3v) is 5.94. The fourth-order valence-electron chi connectivity index (χ4n) is 3.49. The summed E-state index contributed by atoms with van der Waals surface area (Å²) in [5.41, 5.74) is 3.21. The van der Waals surface area contributed by atoms with Gasteiger partial charge in [-0.1, -0.05) is 53.5 Å². The van der Waals surface area contributed by atoms with E-state index in [9.17, 15) is 14.0 Å². The van der Waals surface area contributed by atoms with Gasteiger partial charge >= 0.3 is 0 Å². The number of benzene rings is 3. The molecule has 3 aromatic carbocycles. The van der Waals surface area contributed by atoms with Crippen molar-refractivity contribution in [3.8, 4) is 0 Å². The van der Waals surface area contributed by atoms with Crippen molar-refractivity contribution < 1.29 is 14.0 Å².